The van der Waals surface area contributed by atoms with Crippen molar-refractivity contribution < 1.29 is 9.90 Å². The summed E-state index contributed by atoms with van der Waals surface area (Å²) in [6.07, 6.45) is 1.28. The molecule has 0 aliphatic heterocycles. The maximum Gasteiger partial charge on any atom is 0.216 e. The first-order chi connectivity index (χ1) is 6.26. The van der Waals surface area contributed by atoms with Crippen molar-refractivity contribution in [2.24, 2.45) is 0 Å². The molecule has 0 atom stereocenters. The first-order valence-corrected chi connectivity index (χ1v) is 4.62. The van der Waals surface area contributed by atoms with E-state index in [0.29, 0.717) is 0 Å². The van der Waals surface area contributed by atoms with Gasteiger partial charge in [-0.2, -0.15) is 0 Å². The predicted molar refractivity (Wildman–Crippen MR) is 53.4 cm³/mol. The van der Waals surface area contributed by atoms with Crippen LogP contribution < -0.4 is 0 Å². The summed E-state index contributed by atoms with van der Waals surface area (Å²) in [5.41, 5.74) is 0.843. The molecule has 0 amide bonds. The van der Waals surface area contributed by atoms with Crippen LogP contribution in [0.4, 0.5) is 0 Å². The van der Waals surface area contributed by atoms with Gasteiger partial charge in [0.2, 0.25) is 5.12 Å². The van der Waals surface area contributed by atoms with E-state index >= 15 is 0 Å². The molecule has 0 radical (unpaired) electrons. The standard InChI is InChI=1S/C10H10O2S/c1-2-10(12)13-9-5-3-8(7-11)4-6-9/h2-6,11H,1,7H2. The Morgan fingerprint density at radius 1 is 1.46 bits per heavy atom. The summed E-state index contributed by atoms with van der Waals surface area (Å²) in [4.78, 5) is 11.8. The molecule has 1 N–H and O–H groups in total. The van der Waals surface area contributed by atoms with Crippen LogP contribution in [0.1, 0.15) is 5.56 Å². The Balaban J connectivity index is 2.69. The molecule has 0 heterocycles. The topological polar surface area (TPSA) is 37.3 Å². The Kier molecular flexibility index (Phi) is 3.73. The van der Waals surface area contributed by atoms with Gasteiger partial charge in [0, 0.05) is 4.90 Å². The van der Waals surface area contributed by atoms with Crippen molar-refractivity contribution in [2.75, 3.05) is 0 Å². The molecule has 1 aromatic rings. The van der Waals surface area contributed by atoms with Gasteiger partial charge in [0.1, 0.15) is 0 Å². The molecule has 1 aromatic carbocycles. The molecule has 0 aliphatic rings. The van der Waals surface area contributed by atoms with Crippen molar-refractivity contribution in [2.45, 2.75) is 11.5 Å². The smallest absolute Gasteiger partial charge is 0.216 e. The Hall–Kier alpha value is -1.06. The largest absolute Gasteiger partial charge is 0.392 e. The third-order valence-electron chi connectivity index (χ3n) is 1.49. The number of hydrogen-bond acceptors (Lipinski definition) is 3. The Bertz CT molecular complexity index is 303. The molecule has 2 nitrogen and oxygen atoms in total. The highest BCUT2D eigenvalue weighted by atomic mass is 32.2. The first kappa shape index (κ1) is 10.0. The van der Waals surface area contributed by atoms with Gasteiger partial charge in [-0.15, -0.1) is 0 Å². The molecule has 3 heteroatoms. The zero-order chi connectivity index (χ0) is 9.68. The van der Waals surface area contributed by atoms with Gasteiger partial charge in [-0.05, 0) is 35.5 Å². The van der Waals surface area contributed by atoms with Crippen LogP contribution in [-0.4, -0.2) is 10.2 Å². The molecule has 0 saturated heterocycles. The second kappa shape index (κ2) is 4.84. The molecule has 1 rings (SSSR count). The van der Waals surface area contributed by atoms with Crippen molar-refractivity contribution in [1.82, 2.24) is 0 Å². The number of aliphatic hydroxyl groups is 1. The van der Waals surface area contributed by atoms with Gasteiger partial charge >= 0.3 is 0 Å². The third kappa shape index (κ3) is 3.05. The molecule has 0 spiro atoms. The van der Waals surface area contributed by atoms with Crippen molar-refractivity contribution in [1.29, 1.82) is 0 Å². The fourth-order valence-corrected chi connectivity index (χ4v) is 1.41. The maximum absolute atomic E-state index is 10.9. The van der Waals surface area contributed by atoms with Crippen LogP contribution in [0.25, 0.3) is 0 Å². The average molecular weight is 194 g/mol. The molecular weight excluding hydrogens is 184 g/mol. The van der Waals surface area contributed by atoms with E-state index in [0.717, 1.165) is 22.2 Å². The molecular formula is C10H10O2S. The van der Waals surface area contributed by atoms with Gasteiger partial charge in [0.25, 0.3) is 0 Å². The lowest BCUT2D eigenvalue weighted by atomic mass is 10.2. The van der Waals surface area contributed by atoms with E-state index in [-0.39, 0.29) is 11.7 Å². The van der Waals surface area contributed by atoms with Crippen LogP contribution in [-0.2, 0) is 11.4 Å². The summed E-state index contributed by atoms with van der Waals surface area (Å²) in [5.74, 6) is 0. The van der Waals surface area contributed by atoms with Crippen molar-refractivity contribution in [3.63, 3.8) is 0 Å². The van der Waals surface area contributed by atoms with Gasteiger partial charge in [0.15, 0.2) is 0 Å². The molecule has 0 fully saturated rings. The lowest BCUT2D eigenvalue weighted by molar-refractivity contribution is -0.107. The summed E-state index contributed by atoms with van der Waals surface area (Å²) in [7, 11) is 0. The van der Waals surface area contributed by atoms with Gasteiger partial charge in [0.05, 0.1) is 6.61 Å². The van der Waals surface area contributed by atoms with Crippen molar-refractivity contribution in [3.05, 3.63) is 42.5 Å². The number of carbonyl (C=O) groups excluding carboxylic acids is 1. The van der Waals surface area contributed by atoms with Crippen LogP contribution in [0.3, 0.4) is 0 Å². The van der Waals surface area contributed by atoms with Crippen LogP contribution >= 0.6 is 11.8 Å². The summed E-state index contributed by atoms with van der Waals surface area (Å²) >= 11 is 1.12. The van der Waals surface area contributed by atoms with E-state index in [1.807, 2.05) is 0 Å². The monoisotopic (exact) mass is 194 g/mol. The number of carbonyl (C=O) groups is 1. The van der Waals surface area contributed by atoms with E-state index in [9.17, 15) is 4.79 Å². The van der Waals surface area contributed by atoms with E-state index in [1.165, 1.54) is 6.08 Å². The normalized spacial score (nSPS) is 9.62. The highest BCUT2D eigenvalue weighted by molar-refractivity contribution is 8.14. The van der Waals surface area contributed by atoms with Crippen LogP contribution in [0.15, 0.2) is 41.8 Å². The summed E-state index contributed by atoms with van der Waals surface area (Å²) in [6.45, 7) is 3.41. The number of hydrogen-bond donors (Lipinski definition) is 1. The minimum absolute atomic E-state index is 0.0281. The number of benzene rings is 1. The summed E-state index contributed by atoms with van der Waals surface area (Å²) < 4.78 is 0. The fraction of sp³-hybridized carbons (Fsp3) is 0.100. The predicted octanol–water partition coefficient (Wildman–Crippen LogP) is 1.98. The van der Waals surface area contributed by atoms with E-state index in [2.05, 4.69) is 6.58 Å². The van der Waals surface area contributed by atoms with Crippen LogP contribution in [0, 0.1) is 0 Å². The minimum atomic E-state index is -0.0725. The third-order valence-corrected chi connectivity index (χ3v) is 2.37. The van der Waals surface area contributed by atoms with E-state index < -0.39 is 0 Å². The quantitative estimate of drug-likeness (QED) is 0.590. The number of aliphatic hydroxyl groups excluding tert-OH is 1. The van der Waals surface area contributed by atoms with Crippen molar-refractivity contribution >= 4 is 16.9 Å². The highest BCUT2D eigenvalue weighted by Gasteiger charge is 1.99. The summed E-state index contributed by atoms with van der Waals surface area (Å²) in [5, 5.41) is 8.69. The zero-order valence-electron chi connectivity index (χ0n) is 7.06. The average Bonchev–Trinajstić information content (AvgIpc) is 2.19. The lowest BCUT2D eigenvalue weighted by Gasteiger charge is -1.98. The molecule has 68 valence electrons. The lowest BCUT2D eigenvalue weighted by Crippen LogP contribution is -1.85. The van der Waals surface area contributed by atoms with Crippen LogP contribution in [0.5, 0.6) is 0 Å². The molecule has 0 unspecified atom stereocenters. The Morgan fingerprint density at radius 3 is 2.54 bits per heavy atom. The second-order valence-corrected chi connectivity index (χ2v) is 3.51. The van der Waals surface area contributed by atoms with E-state index in [1.54, 1.807) is 24.3 Å². The first-order valence-electron chi connectivity index (χ1n) is 3.80. The number of rotatable bonds is 3. The molecule has 0 aromatic heterocycles. The van der Waals surface area contributed by atoms with Crippen LogP contribution in [0.2, 0.25) is 0 Å². The van der Waals surface area contributed by atoms with Gasteiger partial charge < -0.3 is 5.11 Å². The molecule has 0 saturated carbocycles. The van der Waals surface area contributed by atoms with Gasteiger partial charge in [-0.3, -0.25) is 4.79 Å². The second-order valence-electron chi connectivity index (χ2n) is 2.43. The maximum atomic E-state index is 10.9. The molecule has 0 bridgehead atoms. The van der Waals surface area contributed by atoms with Crippen molar-refractivity contribution in [3.8, 4) is 0 Å². The zero-order valence-corrected chi connectivity index (χ0v) is 7.88. The Labute approximate surface area is 81.3 Å². The summed E-state index contributed by atoms with van der Waals surface area (Å²) in [6, 6.07) is 7.19. The fourth-order valence-electron chi connectivity index (χ4n) is 0.821. The molecule has 0 aliphatic carbocycles. The van der Waals surface area contributed by atoms with Gasteiger partial charge in [-0.1, -0.05) is 18.7 Å². The highest BCUT2D eigenvalue weighted by Crippen LogP contribution is 2.19. The van der Waals surface area contributed by atoms with Gasteiger partial charge in [-0.25, -0.2) is 0 Å². The van der Waals surface area contributed by atoms with E-state index in [4.69, 9.17) is 5.11 Å². The SMILES string of the molecule is C=CC(=O)Sc1ccc(CO)cc1. The molecule has 13 heavy (non-hydrogen) atoms. The minimum Gasteiger partial charge on any atom is -0.392 e. The Morgan fingerprint density at radius 2 is 2.08 bits per heavy atom. The number of thioether (sulfide) groups is 1.